The van der Waals surface area contributed by atoms with Crippen molar-refractivity contribution in [2.24, 2.45) is 0 Å². The summed E-state index contributed by atoms with van der Waals surface area (Å²) in [5.41, 5.74) is 14.2. The molecule has 0 fully saturated rings. The standard InChI is InChI=1S/C56H36N4/c1-4-15-37(16-5-1)39-19-14-20-43(34-39)56-57-49(38-17-6-2-7-18-38)36-50(58-56)42-28-27-41-35-45(30-29-40(41)33-42)60-51-25-12-10-23-46(51)47-31-32-53-54(55(47)60)48-24-11-13-26-52(48)59(53)44-21-8-3-9-22-44/h1-36H. The number of nitrogens with zero attached hydrogens (tertiary/aromatic N) is 4. The highest BCUT2D eigenvalue weighted by atomic mass is 15.0. The van der Waals surface area contributed by atoms with E-state index >= 15 is 0 Å². The highest BCUT2D eigenvalue weighted by molar-refractivity contribution is 6.26. The lowest BCUT2D eigenvalue weighted by Crippen LogP contribution is -1.97. The summed E-state index contributed by atoms with van der Waals surface area (Å²) in [6.07, 6.45) is 0. The highest BCUT2D eigenvalue weighted by Gasteiger charge is 2.21. The van der Waals surface area contributed by atoms with Gasteiger partial charge in [0.15, 0.2) is 5.82 Å². The maximum atomic E-state index is 5.23. The number of hydrogen-bond acceptors (Lipinski definition) is 2. The predicted molar refractivity (Wildman–Crippen MR) is 250 cm³/mol. The van der Waals surface area contributed by atoms with Crippen molar-refractivity contribution in [1.82, 2.24) is 19.1 Å². The monoisotopic (exact) mass is 764 g/mol. The first-order valence-electron chi connectivity index (χ1n) is 20.4. The van der Waals surface area contributed by atoms with Crippen LogP contribution in [-0.4, -0.2) is 19.1 Å². The summed E-state index contributed by atoms with van der Waals surface area (Å²) in [5, 5.41) is 7.28. The van der Waals surface area contributed by atoms with Crippen LogP contribution in [0.1, 0.15) is 0 Å². The summed E-state index contributed by atoms with van der Waals surface area (Å²) in [5.74, 6) is 0.700. The zero-order valence-electron chi connectivity index (χ0n) is 32.6. The predicted octanol–water partition coefficient (Wildman–Crippen LogP) is 14.5. The molecular formula is C56H36N4. The third kappa shape index (κ3) is 5.53. The zero-order chi connectivity index (χ0) is 39.6. The molecule has 0 saturated heterocycles. The molecule has 3 aromatic heterocycles. The molecule has 280 valence electrons. The molecule has 0 atom stereocenters. The van der Waals surface area contributed by atoms with Crippen molar-refractivity contribution in [2.45, 2.75) is 0 Å². The molecule has 4 nitrogen and oxygen atoms in total. The van der Waals surface area contributed by atoms with Crippen molar-refractivity contribution in [2.75, 3.05) is 0 Å². The van der Waals surface area contributed by atoms with Crippen molar-refractivity contribution < 1.29 is 0 Å². The first kappa shape index (κ1) is 34.0. The molecule has 0 aliphatic heterocycles. The Labute approximate surface area is 346 Å². The maximum absolute atomic E-state index is 5.23. The minimum absolute atomic E-state index is 0.700. The van der Waals surface area contributed by atoms with E-state index in [4.69, 9.17) is 9.97 Å². The topological polar surface area (TPSA) is 35.6 Å². The Morgan fingerprint density at radius 2 is 0.900 bits per heavy atom. The van der Waals surface area contributed by atoms with E-state index in [9.17, 15) is 0 Å². The van der Waals surface area contributed by atoms with Gasteiger partial charge in [0.05, 0.1) is 33.5 Å². The highest BCUT2D eigenvalue weighted by Crippen LogP contribution is 2.42. The zero-order valence-corrected chi connectivity index (χ0v) is 32.6. The Hall–Kier alpha value is -8.08. The molecule has 3 heterocycles. The first-order valence-corrected chi connectivity index (χ1v) is 20.4. The van der Waals surface area contributed by atoms with Gasteiger partial charge in [0.2, 0.25) is 0 Å². The van der Waals surface area contributed by atoms with E-state index in [0.717, 1.165) is 61.4 Å². The number of rotatable bonds is 6. The van der Waals surface area contributed by atoms with Crippen LogP contribution in [0.2, 0.25) is 0 Å². The van der Waals surface area contributed by atoms with Crippen molar-refractivity contribution in [3.05, 3.63) is 218 Å². The van der Waals surface area contributed by atoms with Gasteiger partial charge < -0.3 is 9.13 Å². The Morgan fingerprint density at radius 1 is 0.300 bits per heavy atom. The van der Waals surface area contributed by atoms with Crippen LogP contribution in [0.4, 0.5) is 0 Å². The van der Waals surface area contributed by atoms with E-state index < -0.39 is 0 Å². The Balaban J connectivity index is 1.02. The molecule has 12 aromatic rings. The quantitative estimate of drug-likeness (QED) is 0.169. The summed E-state index contributed by atoms with van der Waals surface area (Å²) in [4.78, 5) is 10.4. The van der Waals surface area contributed by atoms with Gasteiger partial charge in [0.1, 0.15) is 0 Å². The van der Waals surface area contributed by atoms with Gasteiger partial charge in [-0.1, -0.05) is 158 Å². The van der Waals surface area contributed by atoms with Crippen LogP contribution in [0.15, 0.2) is 218 Å². The van der Waals surface area contributed by atoms with Crippen molar-refractivity contribution in [3.63, 3.8) is 0 Å². The van der Waals surface area contributed by atoms with Gasteiger partial charge >= 0.3 is 0 Å². The molecule has 0 spiro atoms. The molecule has 0 radical (unpaired) electrons. The molecule has 9 aromatic carbocycles. The van der Waals surface area contributed by atoms with E-state index in [1.807, 2.05) is 12.1 Å². The molecule has 0 aliphatic carbocycles. The summed E-state index contributed by atoms with van der Waals surface area (Å²) in [6.45, 7) is 0. The number of aromatic nitrogens is 4. The fraction of sp³-hybridized carbons (Fsp3) is 0. The minimum Gasteiger partial charge on any atom is -0.309 e. The van der Waals surface area contributed by atoms with Crippen LogP contribution >= 0.6 is 0 Å². The first-order chi connectivity index (χ1) is 29.7. The van der Waals surface area contributed by atoms with Crippen molar-refractivity contribution >= 4 is 54.4 Å². The van der Waals surface area contributed by atoms with E-state index in [-0.39, 0.29) is 0 Å². The molecule has 0 amide bonds. The largest absolute Gasteiger partial charge is 0.309 e. The normalized spacial score (nSPS) is 11.7. The number of para-hydroxylation sites is 3. The lowest BCUT2D eigenvalue weighted by atomic mass is 10.0. The lowest BCUT2D eigenvalue weighted by Gasteiger charge is -2.13. The second-order valence-electron chi connectivity index (χ2n) is 15.4. The smallest absolute Gasteiger partial charge is 0.160 e. The average Bonchev–Trinajstić information content (AvgIpc) is 3.85. The SMILES string of the molecule is c1ccc(-c2cccc(-c3nc(-c4ccccc4)cc(-c4ccc5cc(-n6c7ccccc7c7ccc8c(c9ccccc9n8-c8ccccc8)c76)ccc5c4)n3)c2)cc1. The second kappa shape index (κ2) is 13.8. The third-order valence-electron chi connectivity index (χ3n) is 11.9. The molecule has 0 saturated carbocycles. The Bertz CT molecular complexity index is 3580. The summed E-state index contributed by atoms with van der Waals surface area (Å²) >= 11 is 0. The van der Waals surface area contributed by atoms with Gasteiger partial charge in [0, 0.05) is 49.6 Å². The Kier molecular flexibility index (Phi) is 7.82. The number of hydrogen-bond donors (Lipinski definition) is 0. The van der Waals surface area contributed by atoms with Gasteiger partial charge in [-0.05, 0) is 82.6 Å². The molecule has 0 bridgehead atoms. The fourth-order valence-electron chi connectivity index (χ4n) is 9.11. The van der Waals surface area contributed by atoms with E-state index in [2.05, 4.69) is 215 Å². The van der Waals surface area contributed by atoms with Crippen LogP contribution in [0.25, 0.3) is 111 Å². The second-order valence-corrected chi connectivity index (χ2v) is 15.4. The molecule has 4 heteroatoms. The van der Waals surface area contributed by atoms with Gasteiger partial charge in [-0.3, -0.25) is 0 Å². The molecule has 0 unspecified atom stereocenters. The van der Waals surface area contributed by atoms with Crippen LogP contribution in [0, 0.1) is 0 Å². The van der Waals surface area contributed by atoms with Gasteiger partial charge in [-0.15, -0.1) is 0 Å². The summed E-state index contributed by atoms with van der Waals surface area (Å²) in [7, 11) is 0. The molecule has 60 heavy (non-hydrogen) atoms. The van der Waals surface area contributed by atoms with Crippen LogP contribution in [0.3, 0.4) is 0 Å². The van der Waals surface area contributed by atoms with Gasteiger partial charge in [-0.2, -0.15) is 0 Å². The molecular weight excluding hydrogens is 729 g/mol. The molecule has 0 N–H and O–H groups in total. The van der Waals surface area contributed by atoms with Gasteiger partial charge in [0.25, 0.3) is 0 Å². The summed E-state index contributed by atoms with van der Waals surface area (Å²) in [6, 6.07) is 77.9. The van der Waals surface area contributed by atoms with Crippen LogP contribution in [0.5, 0.6) is 0 Å². The van der Waals surface area contributed by atoms with E-state index in [1.54, 1.807) is 0 Å². The lowest BCUT2D eigenvalue weighted by molar-refractivity contribution is 1.18. The minimum atomic E-state index is 0.700. The van der Waals surface area contributed by atoms with Gasteiger partial charge in [-0.25, -0.2) is 9.97 Å². The fourth-order valence-corrected chi connectivity index (χ4v) is 9.11. The van der Waals surface area contributed by atoms with Crippen LogP contribution in [-0.2, 0) is 0 Å². The van der Waals surface area contributed by atoms with E-state index in [1.165, 1.54) is 43.6 Å². The third-order valence-corrected chi connectivity index (χ3v) is 11.9. The van der Waals surface area contributed by atoms with Crippen LogP contribution < -0.4 is 0 Å². The summed E-state index contributed by atoms with van der Waals surface area (Å²) < 4.78 is 4.87. The number of fused-ring (bicyclic) bond motifs is 8. The van der Waals surface area contributed by atoms with Crippen molar-refractivity contribution in [3.8, 4) is 56.4 Å². The van der Waals surface area contributed by atoms with Crippen molar-refractivity contribution in [1.29, 1.82) is 0 Å². The molecule has 0 aliphatic rings. The molecule has 12 rings (SSSR count). The maximum Gasteiger partial charge on any atom is 0.160 e. The van der Waals surface area contributed by atoms with E-state index in [0.29, 0.717) is 5.82 Å². The Morgan fingerprint density at radius 3 is 1.68 bits per heavy atom. The average molecular weight is 765 g/mol. The number of benzene rings is 9.